The van der Waals surface area contributed by atoms with Crippen LogP contribution >= 0.6 is 27.5 Å². The van der Waals surface area contributed by atoms with Gasteiger partial charge in [0.1, 0.15) is 5.75 Å². The van der Waals surface area contributed by atoms with Crippen molar-refractivity contribution in [3.63, 3.8) is 0 Å². The highest BCUT2D eigenvalue weighted by Crippen LogP contribution is 2.27. The summed E-state index contributed by atoms with van der Waals surface area (Å²) in [6.45, 7) is 2.05. The Labute approximate surface area is 129 Å². The Morgan fingerprint density at radius 1 is 1.37 bits per heavy atom. The fourth-order valence-electron chi connectivity index (χ4n) is 2.71. The topological polar surface area (TPSA) is 12.5 Å². The number of likely N-dealkylation sites (tertiary alicyclic amines) is 1. The number of methoxy groups -OCH3 is 1. The first-order valence-corrected chi connectivity index (χ1v) is 8.19. The van der Waals surface area contributed by atoms with Gasteiger partial charge < -0.3 is 4.74 Å². The van der Waals surface area contributed by atoms with Gasteiger partial charge in [-0.15, -0.1) is 11.6 Å². The van der Waals surface area contributed by atoms with E-state index in [1.54, 1.807) is 7.11 Å². The first-order valence-electron chi connectivity index (χ1n) is 6.87. The number of hydrogen-bond acceptors (Lipinski definition) is 2. The molecule has 1 saturated heterocycles. The number of hydrogen-bond donors (Lipinski definition) is 0. The fraction of sp³-hybridized carbons (Fsp3) is 0.600. The quantitative estimate of drug-likeness (QED) is 0.747. The predicted molar refractivity (Wildman–Crippen MR) is 84.1 cm³/mol. The molecule has 1 aliphatic heterocycles. The average Bonchev–Trinajstić information content (AvgIpc) is 2.64. The van der Waals surface area contributed by atoms with Crippen LogP contribution < -0.4 is 4.74 Å². The van der Waals surface area contributed by atoms with Crippen molar-refractivity contribution in [3.05, 3.63) is 28.2 Å². The van der Waals surface area contributed by atoms with Gasteiger partial charge in [0.05, 0.1) is 7.11 Å². The van der Waals surface area contributed by atoms with Crippen LogP contribution in [0, 0.1) is 0 Å². The lowest BCUT2D eigenvalue weighted by atomic mass is 10.1. The summed E-state index contributed by atoms with van der Waals surface area (Å²) >= 11 is 9.67. The van der Waals surface area contributed by atoms with E-state index in [4.69, 9.17) is 16.3 Å². The lowest BCUT2D eigenvalue weighted by molar-refractivity contribution is 0.204. The third-order valence-corrected chi connectivity index (χ3v) is 4.64. The molecule has 0 saturated carbocycles. The highest BCUT2D eigenvalue weighted by Gasteiger charge is 2.21. The van der Waals surface area contributed by atoms with E-state index >= 15 is 0 Å². The van der Waals surface area contributed by atoms with Crippen LogP contribution in [0.3, 0.4) is 0 Å². The van der Waals surface area contributed by atoms with Gasteiger partial charge in [0.25, 0.3) is 0 Å². The Morgan fingerprint density at radius 3 is 2.95 bits per heavy atom. The van der Waals surface area contributed by atoms with E-state index in [0.717, 1.165) is 29.2 Å². The molecule has 2 nitrogen and oxygen atoms in total. The minimum absolute atomic E-state index is 0.493. The van der Waals surface area contributed by atoms with Crippen LogP contribution in [-0.4, -0.2) is 30.5 Å². The maximum atomic E-state index is 6.14. The molecule has 4 heteroatoms. The number of ether oxygens (including phenoxy) is 1. The van der Waals surface area contributed by atoms with Crippen LogP contribution in [0.1, 0.15) is 31.2 Å². The van der Waals surface area contributed by atoms with E-state index in [-0.39, 0.29) is 0 Å². The van der Waals surface area contributed by atoms with Gasteiger partial charge in [0, 0.05) is 28.5 Å². The van der Waals surface area contributed by atoms with E-state index in [9.17, 15) is 0 Å². The van der Waals surface area contributed by atoms with E-state index in [1.165, 1.54) is 31.2 Å². The average molecular weight is 347 g/mol. The Morgan fingerprint density at radius 2 is 2.21 bits per heavy atom. The molecule has 1 aromatic carbocycles. The van der Waals surface area contributed by atoms with Crippen LogP contribution in [-0.2, 0) is 6.54 Å². The molecule has 1 aliphatic rings. The van der Waals surface area contributed by atoms with Crippen LogP contribution in [0.25, 0.3) is 0 Å². The maximum Gasteiger partial charge on any atom is 0.123 e. The first kappa shape index (κ1) is 15.1. The molecule has 0 amide bonds. The van der Waals surface area contributed by atoms with E-state index < -0.39 is 0 Å². The molecule has 0 aromatic heterocycles. The third kappa shape index (κ3) is 4.11. The number of alkyl halides is 1. The fourth-order valence-corrected chi connectivity index (χ4v) is 3.47. The summed E-state index contributed by atoms with van der Waals surface area (Å²) in [5.41, 5.74) is 1.23. The number of rotatable bonds is 4. The van der Waals surface area contributed by atoms with Gasteiger partial charge in [0.15, 0.2) is 0 Å². The lowest BCUT2D eigenvalue weighted by Gasteiger charge is -2.29. The molecule has 1 atom stereocenters. The first-order chi connectivity index (χ1) is 9.24. The van der Waals surface area contributed by atoms with E-state index in [1.807, 2.05) is 12.1 Å². The summed E-state index contributed by atoms with van der Waals surface area (Å²) < 4.78 is 6.56. The van der Waals surface area contributed by atoms with Crippen molar-refractivity contribution < 1.29 is 4.74 Å². The summed E-state index contributed by atoms with van der Waals surface area (Å²) in [7, 11) is 1.73. The van der Waals surface area contributed by atoms with Gasteiger partial charge in [-0.25, -0.2) is 0 Å². The molecule has 1 aromatic rings. The summed E-state index contributed by atoms with van der Waals surface area (Å²) in [6, 6.07) is 6.68. The molecule has 1 unspecified atom stereocenters. The summed E-state index contributed by atoms with van der Waals surface area (Å²) in [6.07, 6.45) is 5.09. The predicted octanol–water partition coefficient (Wildman–Crippen LogP) is 4.44. The van der Waals surface area contributed by atoms with Gasteiger partial charge in [0.2, 0.25) is 0 Å². The molecule has 0 bridgehead atoms. The van der Waals surface area contributed by atoms with Gasteiger partial charge in [-0.05, 0) is 37.6 Å². The highest BCUT2D eigenvalue weighted by molar-refractivity contribution is 9.10. The highest BCUT2D eigenvalue weighted by atomic mass is 79.9. The second-order valence-electron chi connectivity index (χ2n) is 5.08. The van der Waals surface area contributed by atoms with Crippen LogP contribution in [0.2, 0.25) is 0 Å². The molecule has 0 spiro atoms. The summed E-state index contributed by atoms with van der Waals surface area (Å²) in [5, 5.41) is 0. The van der Waals surface area contributed by atoms with Crippen LogP contribution in [0.15, 0.2) is 22.7 Å². The van der Waals surface area contributed by atoms with Crippen LogP contribution in [0.4, 0.5) is 0 Å². The van der Waals surface area contributed by atoms with Gasteiger partial charge in [-0.1, -0.05) is 28.8 Å². The number of nitrogens with zero attached hydrogens (tertiary/aromatic N) is 1. The molecule has 0 N–H and O–H groups in total. The normalized spacial score (nSPS) is 21.1. The molecule has 1 fully saturated rings. The minimum atomic E-state index is 0.493. The zero-order chi connectivity index (χ0) is 13.7. The van der Waals surface area contributed by atoms with Crippen molar-refractivity contribution >= 4 is 27.5 Å². The molecule has 1 heterocycles. The van der Waals surface area contributed by atoms with Gasteiger partial charge in [-0.2, -0.15) is 0 Å². The summed E-state index contributed by atoms with van der Waals surface area (Å²) in [5.74, 6) is 1.68. The van der Waals surface area contributed by atoms with Crippen molar-refractivity contribution in [2.75, 3.05) is 19.5 Å². The second kappa shape index (κ2) is 7.51. The SMILES string of the molecule is COc1ccc(Br)cc1CN1CCCCCC1CCl. The number of halogens is 2. The van der Waals surface area contributed by atoms with Crippen molar-refractivity contribution in [1.29, 1.82) is 0 Å². The van der Waals surface area contributed by atoms with Crippen molar-refractivity contribution in [3.8, 4) is 5.75 Å². The van der Waals surface area contributed by atoms with E-state index in [0.29, 0.717) is 6.04 Å². The maximum absolute atomic E-state index is 6.14. The van der Waals surface area contributed by atoms with Crippen LogP contribution in [0.5, 0.6) is 5.75 Å². The molecule has 106 valence electrons. The zero-order valence-electron chi connectivity index (χ0n) is 11.4. The monoisotopic (exact) mass is 345 g/mol. The molecule has 0 aliphatic carbocycles. The second-order valence-corrected chi connectivity index (χ2v) is 6.31. The smallest absolute Gasteiger partial charge is 0.123 e. The lowest BCUT2D eigenvalue weighted by Crippen LogP contribution is -2.35. The molecule has 19 heavy (non-hydrogen) atoms. The van der Waals surface area contributed by atoms with Gasteiger partial charge in [-0.3, -0.25) is 4.90 Å². The Bertz CT molecular complexity index is 413. The zero-order valence-corrected chi connectivity index (χ0v) is 13.7. The van der Waals surface area contributed by atoms with Gasteiger partial charge >= 0.3 is 0 Å². The van der Waals surface area contributed by atoms with E-state index in [2.05, 4.69) is 26.9 Å². The largest absolute Gasteiger partial charge is 0.496 e. The Balaban J connectivity index is 2.15. The van der Waals surface area contributed by atoms with Crippen molar-refractivity contribution in [2.45, 2.75) is 38.3 Å². The third-order valence-electron chi connectivity index (χ3n) is 3.79. The van der Waals surface area contributed by atoms with Crippen molar-refractivity contribution in [1.82, 2.24) is 4.90 Å². The standard InChI is InChI=1S/C15H21BrClNO/c1-19-15-7-6-13(16)9-12(15)11-18-8-4-2-3-5-14(18)10-17/h6-7,9,14H,2-5,8,10-11H2,1H3. The Hall–Kier alpha value is -0.250. The molecular weight excluding hydrogens is 326 g/mol. The Kier molecular flexibility index (Phi) is 5.99. The number of benzene rings is 1. The summed E-state index contributed by atoms with van der Waals surface area (Å²) in [4.78, 5) is 2.50. The molecular formula is C15H21BrClNO. The molecule has 0 radical (unpaired) electrons. The van der Waals surface area contributed by atoms with Crippen molar-refractivity contribution in [2.24, 2.45) is 0 Å². The minimum Gasteiger partial charge on any atom is -0.496 e. The molecule has 2 rings (SSSR count).